The van der Waals surface area contributed by atoms with Crippen LogP contribution in [-0.4, -0.2) is 20.3 Å². The van der Waals surface area contributed by atoms with E-state index in [0.717, 1.165) is 17.7 Å². The van der Waals surface area contributed by atoms with Gasteiger partial charge in [0.15, 0.2) is 0 Å². The van der Waals surface area contributed by atoms with Gasteiger partial charge < -0.3 is 9.47 Å². The summed E-state index contributed by atoms with van der Waals surface area (Å²) >= 11 is 0. The van der Waals surface area contributed by atoms with E-state index in [-0.39, 0.29) is 5.41 Å². The number of hydrogen-bond acceptors (Lipinski definition) is 3. The molecule has 0 amide bonds. The summed E-state index contributed by atoms with van der Waals surface area (Å²) in [5, 5.41) is 9.20. The van der Waals surface area contributed by atoms with Crippen molar-refractivity contribution in [3.63, 3.8) is 0 Å². The average Bonchev–Trinajstić information content (AvgIpc) is 2.27. The molecule has 0 N–H and O–H groups in total. The molecule has 0 atom stereocenters. The van der Waals surface area contributed by atoms with Gasteiger partial charge in [-0.1, -0.05) is 6.07 Å². The van der Waals surface area contributed by atoms with Crippen LogP contribution in [0.3, 0.4) is 0 Å². The third kappa shape index (κ3) is 2.13. The monoisotopic (exact) mass is 231 g/mol. The maximum atomic E-state index is 9.20. The number of hydrogen-bond donors (Lipinski definition) is 0. The summed E-state index contributed by atoms with van der Waals surface area (Å²) in [5.74, 6) is 0.905. The summed E-state index contributed by atoms with van der Waals surface area (Å²) in [7, 11) is 1.68. The number of nitriles is 1. The molecule has 3 nitrogen and oxygen atoms in total. The highest BCUT2D eigenvalue weighted by molar-refractivity contribution is 5.42. The highest BCUT2D eigenvalue weighted by atomic mass is 16.5. The van der Waals surface area contributed by atoms with Crippen molar-refractivity contribution in [2.45, 2.75) is 20.3 Å². The molecule has 0 spiro atoms. The summed E-state index contributed by atoms with van der Waals surface area (Å²) in [6, 6.07) is 6.54. The highest BCUT2D eigenvalue weighted by Gasteiger charge is 2.39. The van der Waals surface area contributed by atoms with Crippen LogP contribution in [0.2, 0.25) is 0 Å². The molecule has 0 bridgehead atoms. The third-order valence-corrected chi connectivity index (χ3v) is 3.38. The summed E-state index contributed by atoms with van der Waals surface area (Å²) in [6.07, 6.45) is 0.764. The lowest BCUT2D eigenvalue weighted by Gasteiger charge is -2.35. The van der Waals surface area contributed by atoms with E-state index in [2.05, 4.69) is 19.1 Å². The van der Waals surface area contributed by atoms with E-state index in [1.807, 2.05) is 13.0 Å². The van der Waals surface area contributed by atoms with Gasteiger partial charge >= 0.3 is 0 Å². The van der Waals surface area contributed by atoms with Crippen molar-refractivity contribution < 1.29 is 9.47 Å². The highest BCUT2D eigenvalue weighted by Crippen LogP contribution is 2.33. The molecule has 0 aliphatic carbocycles. The Morgan fingerprint density at radius 3 is 2.53 bits per heavy atom. The van der Waals surface area contributed by atoms with Gasteiger partial charge in [0.05, 0.1) is 26.4 Å². The Bertz CT molecular complexity index is 470. The molecule has 17 heavy (non-hydrogen) atoms. The SMILES string of the molecule is COc1cc(C)c(CC2(C#N)COC2)cc1C. The molecule has 1 aromatic carbocycles. The Balaban J connectivity index is 2.28. The normalized spacial score (nSPS) is 17.1. The second-order valence-corrected chi connectivity index (χ2v) is 4.81. The zero-order valence-electron chi connectivity index (χ0n) is 10.5. The van der Waals surface area contributed by atoms with Crippen LogP contribution in [0.1, 0.15) is 16.7 Å². The predicted octanol–water partition coefficient (Wildman–Crippen LogP) is 2.39. The van der Waals surface area contributed by atoms with Crippen LogP contribution in [0.5, 0.6) is 5.75 Å². The minimum Gasteiger partial charge on any atom is -0.496 e. The van der Waals surface area contributed by atoms with Crippen LogP contribution >= 0.6 is 0 Å². The fraction of sp³-hybridized carbons (Fsp3) is 0.500. The lowest BCUT2D eigenvalue weighted by Crippen LogP contribution is -2.43. The van der Waals surface area contributed by atoms with E-state index in [1.165, 1.54) is 11.1 Å². The first-order valence-corrected chi connectivity index (χ1v) is 5.73. The molecule has 1 saturated heterocycles. The second-order valence-electron chi connectivity index (χ2n) is 4.81. The maximum Gasteiger partial charge on any atom is 0.122 e. The number of rotatable bonds is 3. The Kier molecular flexibility index (Phi) is 3.08. The van der Waals surface area contributed by atoms with E-state index in [0.29, 0.717) is 13.2 Å². The minimum absolute atomic E-state index is 0.314. The fourth-order valence-corrected chi connectivity index (χ4v) is 2.18. The van der Waals surface area contributed by atoms with Crippen LogP contribution in [0.4, 0.5) is 0 Å². The van der Waals surface area contributed by atoms with Crippen molar-refractivity contribution in [2.75, 3.05) is 20.3 Å². The Morgan fingerprint density at radius 2 is 2.06 bits per heavy atom. The molecule has 1 aliphatic heterocycles. The van der Waals surface area contributed by atoms with Gasteiger partial charge in [0.1, 0.15) is 11.2 Å². The molecular formula is C14H17NO2. The molecule has 0 saturated carbocycles. The zero-order valence-corrected chi connectivity index (χ0v) is 10.5. The predicted molar refractivity (Wildman–Crippen MR) is 65.0 cm³/mol. The number of aryl methyl sites for hydroxylation is 2. The van der Waals surface area contributed by atoms with Crippen molar-refractivity contribution in [2.24, 2.45) is 5.41 Å². The van der Waals surface area contributed by atoms with E-state index in [1.54, 1.807) is 7.11 Å². The molecule has 3 heteroatoms. The van der Waals surface area contributed by atoms with Crippen molar-refractivity contribution in [3.05, 3.63) is 28.8 Å². The first kappa shape index (κ1) is 11.9. The summed E-state index contributed by atoms with van der Waals surface area (Å²) in [5.41, 5.74) is 3.19. The minimum atomic E-state index is -0.314. The zero-order chi connectivity index (χ0) is 12.5. The van der Waals surface area contributed by atoms with Crippen molar-refractivity contribution in [1.82, 2.24) is 0 Å². The molecule has 1 aliphatic rings. The van der Waals surface area contributed by atoms with Gasteiger partial charge in [-0.2, -0.15) is 5.26 Å². The molecule has 90 valence electrons. The molecule has 1 heterocycles. The van der Waals surface area contributed by atoms with E-state index in [9.17, 15) is 5.26 Å². The van der Waals surface area contributed by atoms with Gasteiger partial charge in [-0.05, 0) is 43.0 Å². The smallest absolute Gasteiger partial charge is 0.122 e. The Hall–Kier alpha value is -1.53. The largest absolute Gasteiger partial charge is 0.496 e. The number of nitrogens with zero attached hydrogens (tertiary/aromatic N) is 1. The molecule has 1 fully saturated rings. The van der Waals surface area contributed by atoms with Crippen molar-refractivity contribution in [3.8, 4) is 11.8 Å². The molecule has 0 aromatic heterocycles. The van der Waals surface area contributed by atoms with E-state index >= 15 is 0 Å². The first-order valence-electron chi connectivity index (χ1n) is 5.73. The Morgan fingerprint density at radius 1 is 1.35 bits per heavy atom. The topological polar surface area (TPSA) is 42.2 Å². The van der Waals surface area contributed by atoms with Gasteiger partial charge in [-0.25, -0.2) is 0 Å². The van der Waals surface area contributed by atoms with Gasteiger partial charge in [-0.15, -0.1) is 0 Å². The maximum absolute atomic E-state index is 9.20. The number of methoxy groups -OCH3 is 1. The molecular weight excluding hydrogens is 214 g/mol. The first-order chi connectivity index (χ1) is 8.10. The third-order valence-electron chi connectivity index (χ3n) is 3.38. The van der Waals surface area contributed by atoms with Crippen LogP contribution in [-0.2, 0) is 11.2 Å². The van der Waals surface area contributed by atoms with Gasteiger partial charge in [-0.3, -0.25) is 0 Å². The molecule has 2 rings (SSSR count). The van der Waals surface area contributed by atoms with Crippen molar-refractivity contribution >= 4 is 0 Å². The number of benzene rings is 1. The summed E-state index contributed by atoms with van der Waals surface area (Å²) < 4.78 is 10.5. The molecule has 1 aromatic rings. The van der Waals surface area contributed by atoms with Gasteiger partial charge in [0.2, 0.25) is 0 Å². The van der Waals surface area contributed by atoms with E-state index < -0.39 is 0 Å². The van der Waals surface area contributed by atoms with Crippen LogP contribution in [0.25, 0.3) is 0 Å². The lowest BCUT2D eigenvalue weighted by atomic mass is 9.80. The van der Waals surface area contributed by atoms with Crippen molar-refractivity contribution in [1.29, 1.82) is 5.26 Å². The van der Waals surface area contributed by atoms with Gasteiger partial charge in [0, 0.05) is 0 Å². The quantitative estimate of drug-likeness (QED) is 0.802. The van der Waals surface area contributed by atoms with Crippen LogP contribution in [0, 0.1) is 30.6 Å². The summed E-state index contributed by atoms with van der Waals surface area (Å²) in [4.78, 5) is 0. The number of ether oxygens (including phenoxy) is 2. The summed E-state index contributed by atoms with van der Waals surface area (Å²) in [6.45, 7) is 5.18. The molecule has 0 unspecified atom stereocenters. The standard InChI is InChI=1S/C14H17NO2/c1-10-5-13(16-3)11(2)4-12(10)6-14(7-15)8-17-9-14/h4-5H,6,8-9H2,1-3H3. The lowest BCUT2D eigenvalue weighted by molar-refractivity contribution is -0.0766. The second kappa shape index (κ2) is 4.38. The molecule has 0 radical (unpaired) electrons. The van der Waals surface area contributed by atoms with Crippen LogP contribution in [0.15, 0.2) is 12.1 Å². The fourth-order valence-electron chi connectivity index (χ4n) is 2.18. The van der Waals surface area contributed by atoms with E-state index in [4.69, 9.17) is 9.47 Å². The Labute approximate surface area is 102 Å². The van der Waals surface area contributed by atoms with Crippen LogP contribution < -0.4 is 4.74 Å². The van der Waals surface area contributed by atoms with Gasteiger partial charge in [0.25, 0.3) is 0 Å². The average molecular weight is 231 g/mol.